The van der Waals surface area contributed by atoms with E-state index in [2.05, 4.69) is 10.2 Å². The summed E-state index contributed by atoms with van der Waals surface area (Å²) in [6, 6.07) is 5.60. The molecule has 0 amide bonds. The first kappa shape index (κ1) is 6.97. The fourth-order valence-electron chi connectivity index (χ4n) is 1.14. The maximum absolute atomic E-state index is 5.60. The van der Waals surface area contributed by atoms with Crippen LogP contribution in [0, 0.1) is 0 Å². The standard InChI is InChI=1S/C8H9N3O/c1-12-5-2-3-7-6(4-5)8(9)11-10-7/h2-4H,1H3,(H3,9,10,11). The molecule has 0 aliphatic carbocycles. The average molecular weight is 163 g/mol. The summed E-state index contributed by atoms with van der Waals surface area (Å²) in [6.45, 7) is 0. The van der Waals surface area contributed by atoms with Crippen LogP contribution in [0.4, 0.5) is 5.82 Å². The number of H-pyrrole nitrogens is 1. The Balaban J connectivity index is 2.71. The number of ether oxygens (including phenoxy) is 1. The Morgan fingerprint density at radius 2 is 2.33 bits per heavy atom. The molecule has 1 aromatic heterocycles. The monoisotopic (exact) mass is 163 g/mol. The van der Waals surface area contributed by atoms with Crippen LogP contribution in [-0.2, 0) is 0 Å². The molecule has 0 unspecified atom stereocenters. The predicted molar refractivity (Wildman–Crippen MR) is 47.1 cm³/mol. The van der Waals surface area contributed by atoms with Gasteiger partial charge < -0.3 is 10.5 Å². The van der Waals surface area contributed by atoms with Gasteiger partial charge in [-0.05, 0) is 18.2 Å². The minimum absolute atomic E-state index is 0.504. The molecule has 4 nitrogen and oxygen atoms in total. The van der Waals surface area contributed by atoms with E-state index in [4.69, 9.17) is 10.5 Å². The van der Waals surface area contributed by atoms with Crippen molar-refractivity contribution in [3.8, 4) is 5.75 Å². The zero-order valence-electron chi connectivity index (χ0n) is 6.66. The number of nitrogens with zero attached hydrogens (tertiary/aromatic N) is 1. The second-order valence-corrected chi connectivity index (χ2v) is 2.52. The average Bonchev–Trinajstić information content (AvgIpc) is 2.47. The molecular weight excluding hydrogens is 154 g/mol. The summed E-state index contributed by atoms with van der Waals surface area (Å²) >= 11 is 0. The molecule has 2 rings (SSSR count). The van der Waals surface area contributed by atoms with Crippen LogP contribution in [0.25, 0.3) is 10.9 Å². The summed E-state index contributed by atoms with van der Waals surface area (Å²) < 4.78 is 5.05. The normalized spacial score (nSPS) is 10.4. The van der Waals surface area contributed by atoms with Gasteiger partial charge in [0, 0.05) is 5.39 Å². The number of hydrogen-bond acceptors (Lipinski definition) is 3. The Labute approximate surface area is 69.3 Å². The van der Waals surface area contributed by atoms with Gasteiger partial charge in [-0.15, -0.1) is 0 Å². The lowest BCUT2D eigenvalue weighted by atomic mass is 10.2. The molecule has 4 heteroatoms. The third-order valence-corrected chi connectivity index (χ3v) is 1.80. The summed E-state index contributed by atoms with van der Waals surface area (Å²) in [5.74, 6) is 1.29. The highest BCUT2D eigenvalue weighted by molar-refractivity contribution is 5.89. The van der Waals surface area contributed by atoms with Crippen molar-refractivity contribution in [3.63, 3.8) is 0 Å². The third-order valence-electron chi connectivity index (χ3n) is 1.80. The van der Waals surface area contributed by atoms with Crippen LogP contribution in [0.1, 0.15) is 0 Å². The number of nitrogens with one attached hydrogen (secondary N) is 1. The zero-order chi connectivity index (χ0) is 8.55. The highest BCUT2D eigenvalue weighted by atomic mass is 16.5. The summed E-state index contributed by atoms with van der Waals surface area (Å²) in [5.41, 5.74) is 6.53. The first-order chi connectivity index (χ1) is 5.81. The van der Waals surface area contributed by atoms with Crippen molar-refractivity contribution in [1.82, 2.24) is 10.2 Å². The van der Waals surface area contributed by atoms with E-state index in [1.54, 1.807) is 7.11 Å². The summed E-state index contributed by atoms with van der Waals surface area (Å²) in [6.07, 6.45) is 0. The van der Waals surface area contributed by atoms with Crippen molar-refractivity contribution in [2.75, 3.05) is 12.8 Å². The van der Waals surface area contributed by atoms with E-state index in [9.17, 15) is 0 Å². The Hall–Kier alpha value is -1.71. The number of hydrogen-bond donors (Lipinski definition) is 2. The summed E-state index contributed by atoms with van der Waals surface area (Å²) in [5, 5.41) is 7.57. The smallest absolute Gasteiger partial charge is 0.153 e. The van der Waals surface area contributed by atoms with Crippen molar-refractivity contribution >= 4 is 16.7 Å². The van der Waals surface area contributed by atoms with Crippen LogP contribution in [0.15, 0.2) is 18.2 Å². The molecule has 0 saturated heterocycles. The third kappa shape index (κ3) is 0.887. The van der Waals surface area contributed by atoms with E-state index in [-0.39, 0.29) is 0 Å². The van der Waals surface area contributed by atoms with E-state index >= 15 is 0 Å². The van der Waals surface area contributed by atoms with Crippen LogP contribution in [0.2, 0.25) is 0 Å². The predicted octanol–water partition coefficient (Wildman–Crippen LogP) is 1.15. The van der Waals surface area contributed by atoms with Crippen molar-refractivity contribution in [1.29, 1.82) is 0 Å². The molecule has 3 N–H and O–H groups in total. The van der Waals surface area contributed by atoms with Crippen LogP contribution in [0.3, 0.4) is 0 Å². The van der Waals surface area contributed by atoms with Crippen molar-refractivity contribution in [2.45, 2.75) is 0 Å². The number of methoxy groups -OCH3 is 1. The number of benzene rings is 1. The quantitative estimate of drug-likeness (QED) is 0.662. The van der Waals surface area contributed by atoms with E-state index in [1.807, 2.05) is 18.2 Å². The molecule has 0 spiro atoms. The lowest BCUT2D eigenvalue weighted by molar-refractivity contribution is 0.415. The van der Waals surface area contributed by atoms with Crippen LogP contribution in [-0.4, -0.2) is 17.3 Å². The molecule has 0 radical (unpaired) electrons. The highest BCUT2D eigenvalue weighted by Crippen LogP contribution is 2.22. The minimum Gasteiger partial charge on any atom is -0.497 e. The molecule has 0 fully saturated rings. The molecule has 0 atom stereocenters. The second-order valence-electron chi connectivity index (χ2n) is 2.52. The molecule has 1 aromatic carbocycles. The maximum Gasteiger partial charge on any atom is 0.153 e. The highest BCUT2D eigenvalue weighted by Gasteiger charge is 2.01. The zero-order valence-corrected chi connectivity index (χ0v) is 6.66. The Kier molecular flexibility index (Phi) is 1.40. The molecule has 0 aliphatic heterocycles. The first-order valence-corrected chi connectivity index (χ1v) is 3.59. The number of nitrogens with two attached hydrogens (primary N) is 1. The van der Waals surface area contributed by atoms with E-state index in [1.165, 1.54) is 0 Å². The van der Waals surface area contributed by atoms with Crippen LogP contribution < -0.4 is 10.5 Å². The van der Waals surface area contributed by atoms with Gasteiger partial charge in [0.05, 0.1) is 12.6 Å². The van der Waals surface area contributed by atoms with Gasteiger partial charge in [0.25, 0.3) is 0 Å². The topological polar surface area (TPSA) is 63.9 Å². The lowest BCUT2D eigenvalue weighted by Gasteiger charge is -1.97. The van der Waals surface area contributed by atoms with Gasteiger partial charge in [0.15, 0.2) is 5.82 Å². The van der Waals surface area contributed by atoms with Gasteiger partial charge in [-0.25, -0.2) is 0 Å². The number of aromatic nitrogens is 2. The van der Waals surface area contributed by atoms with Gasteiger partial charge >= 0.3 is 0 Å². The molecule has 0 saturated carbocycles. The van der Waals surface area contributed by atoms with Gasteiger partial charge in [0.2, 0.25) is 0 Å². The Morgan fingerprint density at radius 3 is 3.08 bits per heavy atom. The number of nitrogen functional groups attached to an aromatic ring is 1. The van der Waals surface area contributed by atoms with Crippen molar-refractivity contribution in [3.05, 3.63) is 18.2 Å². The van der Waals surface area contributed by atoms with Gasteiger partial charge in [0.1, 0.15) is 5.75 Å². The van der Waals surface area contributed by atoms with Crippen molar-refractivity contribution in [2.24, 2.45) is 0 Å². The Morgan fingerprint density at radius 1 is 1.50 bits per heavy atom. The summed E-state index contributed by atoms with van der Waals surface area (Å²) in [7, 11) is 1.62. The van der Waals surface area contributed by atoms with E-state index < -0.39 is 0 Å². The molecule has 2 aromatic rings. The Bertz CT molecular complexity index is 408. The van der Waals surface area contributed by atoms with Gasteiger partial charge in [-0.1, -0.05) is 0 Å². The second kappa shape index (κ2) is 2.41. The van der Waals surface area contributed by atoms with E-state index in [0.717, 1.165) is 16.7 Å². The molecule has 0 bridgehead atoms. The van der Waals surface area contributed by atoms with Crippen LogP contribution >= 0.6 is 0 Å². The number of anilines is 1. The number of rotatable bonds is 1. The number of fused-ring (bicyclic) bond motifs is 1. The fraction of sp³-hybridized carbons (Fsp3) is 0.125. The lowest BCUT2D eigenvalue weighted by Crippen LogP contribution is -1.85. The SMILES string of the molecule is COc1ccc2[nH]nc(N)c2c1. The fourth-order valence-corrected chi connectivity index (χ4v) is 1.14. The van der Waals surface area contributed by atoms with Crippen LogP contribution in [0.5, 0.6) is 5.75 Å². The molecular formula is C8H9N3O. The molecule has 62 valence electrons. The van der Waals surface area contributed by atoms with Gasteiger partial charge in [-0.3, -0.25) is 5.10 Å². The van der Waals surface area contributed by atoms with Crippen molar-refractivity contribution < 1.29 is 4.74 Å². The van der Waals surface area contributed by atoms with Gasteiger partial charge in [-0.2, -0.15) is 5.10 Å². The maximum atomic E-state index is 5.60. The number of aromatic amines is 1. The largest absolute Gasteiger partial charge is 0.497 e. The first-order valence-electron chi connectivity index (χ1n) is 3.59. The molecule has 1 heterocycles. The molecule has 0 aliphatic rings. The van der Waals surface area contributed by atoms with E-state index in [0.29, 0.717) is 5.82 Å². The summed E-state index contributed by atoms with van der Waals surface area (Å²) in [4.78, 5) is 0. The minimum atomic E-state index is 0.504. The molecule has 12 heavy (non-hydrogen) atoms.